The zero-order valence-electron chi connectivity index (χ0n) is 8.58. The molecule has 2 rings (SSSR count). The smallest absolute Gasteiger partial charge is 0.166 e. The van der Waals surface area contributed by atoms with Gasteiger partial charge in [0, 0.05) is 12.1 Å². The van der Waals surface area contributed by atoms with E-state index >= 15 is 0 Å². The SMILES string of the molecule is NCc1ccccc1-c1cccc(F)c1F. The van der Waals surface area contributed by atoms with Gasteiger partial charge >= 0.3 is 0 Å². The van der Waals surface area contributed by atoms with E-state index < -0.39 is 11.6 Å². The fourth-order valence-corrected chi connectivity index (χ4v) is 1.67. The van der Waals surface area contributed by atoms with Crippen LogP contribution in [0.5, 0.6) is 0 Å². The van der Waals surface area contributed by atoms with Crippen molar-refractivity contribution < 1.29 is 8.78 Å². The van der Waals surface area contributed by atoms with Gasteiger partial charge in [-0.05, 0) is 17.2 Å². The monoisotopic (exact) mass is 219 g/mol. The van der Waals surface area contributed by atoms with Gasteiger partial charge in [-0.25, -0.2) is 8.78 Å². The first-order chi connectivity index (χ1) is 7.74. The summed E-state index contributed by atoms with van der Waals surface area (Å²) in [6, 6.07) is 11.3. The Balaban J connectivity index is 2.63. The summed E-state index contributed by atoms with van der Waals surface area (Å²) in [5, 5.41) is 0. The Kier molecular flexibility index (Phi) is 2.97. The molecule has 0 unspecified atom stereocenters. The van der Waals surface area contributed by atoms with Crippen molar-refractivity contribution >= 4 is 0 Å². The zero-order chi connectivity index (χ0) is 11.5. The minimum Gasteiger partial charge on any atom is -0.326 e. The lowest BCUT2D eigenvalue weighted by molar-refractivity contribution is 0.511. The van der Waals surface area contributed by atoms with Crippen LogP contribution < -0.4 is 5.73 Å². The van der Waals surface area contributed by atoms with Crippen molar-refractivity contribution in [2.75, 3.05) is 0 Å². The van der Waals surface area contributed by atoms with Crippen molar-refractivity contribution in [3.05, 3.63) is 59.7 Å². The summed E-state index contributed by atoms with van der Waals surface area (Å²) in [6.07, 6.45) is 0. The van der Waals surface area contributed by atoms with Crippen LogP contribution in [0.1, 0.15) is 5.56 Å². The predicted molar refractivity (Wildman–Crippen MR) is 59.7 cm³/mol. The first-order valence-corrected chi connectivity index (χ1v) is 4.96. The Morgan fingerprint density at radius 3 is 2.31 bits per heavy atom. The van der Waals surface area contributed by atoms with Gasteiger partial charge in [-0.1, -0.05) is 36.4 Å². The van der Waals surface area contributed by atoms with Gasteiger partial charge in [0.15, 0.2) is 11.6 Å². The summed E-state index contributed by atoms with van der Waals surface area (Å²) in [4.78, 5) is 0. The van der Waals surface area contributed by atoms with Gasteiger partial charge in [0.2, 0.25) is 0 Å². The third kappa shape index (κ3) is 1.82. The summed E-state index contributed by atoms with van der Waals surface area (Å²) in [7, 11) is 0. The van der Waals surface area contributed by atoms with Crippen molar-refractivity contribution in [3.63, 3.8) is 0 Å². The van der Waals surface area contributed by atoms with Crippen LogP contribution in [-0.4, -0.2) is 0 Å². The molecule has 16 heavy (non-hydrogen) atoms. The molecule has 0 aliphatic carbocycles. The van der Waals surface area contributed by atoms with Crippen molar-refractivity contribution in [1.29, 1.82) is 0 Å². The molecular weight excluding hydrogens is 208 g/mol. The number of hydrogen-bond donors (Lipinski definition) is 1. The molecule has 0 bridgehead atoms. The number of hydrogen-bond acceptors (Lipinski definition) is 1. The highest BCUT2D eigenvalue weighted by molar-refractivity contribution is 5.67. The molecule has 0 radical (unpaired) electrons. The van der Waals surface area contributed by atoms with E-state index in [9.17, 15) is 8.78 Å². The minimum atomic E-state index is -0.843. The van der Waals surface area contributed by atoms with Crippen molar-refractivity contribution in [2.45, 2.75) is 6.54 Å². The van der Waals surface area contributed by atoms with E-state index in [1.165, 1.54) is 6.07 Å². The number of nitrogens with two attached hydrogens (primary N) is 1. The second-order valence-corrected chi connectivity index (χ2v) is 3.46. The van der Waals surface area contributed by atoms with Gasteiger partial charge in [0.05, 0.1) is 0 Å². The van der Waals surface area contributed by atoms with Crippen LogP contribution >= 0.6 is 0 Å². The second kappa shape index (κ2) is 4.41. The maximum Gasteiger partial charge on any atom is 0.166 e. The molecule has 3 heteroatoms. The van der Waals surface area contributed by atoms with Crippen molar-refractivity contribution in [2.24, 2.45) is 5.73 Å². The molecule has 0 amide bonds. The van der Waals surface area contributed by atoms with E-state index in [0.29, 0.717) is 12.1 Å². The first-order valence-electron chi connectivity index (χ1n) is 4.96. The minimum absolute atomic E-state index is 0.251. The molecule has 1 nitrogen and oxygen atoms in total. The maximum atomic E-state index is 13.6. The van der Waals surface area contributed by atoms with Crippen LogP contribution in [0.3, 0.4) is 0 Å². The Morgan fingerprint density at radius 1 is 0.875 bits per heavy atom. The molecule has 82 valence electrons. The second-order valence-electron chi connectivity index (χ2n) is 3.46. The Hall–Kier alpha value is -1.74. The molecule has 2 aromatic rings. The molecule has 0 aliphatic heterocycles. The molecule has 0 heterocycles. The molecule has 0 aliphatic rings. The highest BCUT2D eigenvalue weighted by atomic mass is 19.2. The normalized spacial score (nSPS) is 10.4. The molecule has 2 aromatic carbocycles. The van der Waals surface area contributed by atoms with Gasteiger partial charge in [-0.2, -0.15) is 0 Å². The summed E-state index contributed by atoms with van der Waals surface area (Å²) in [5.41, 5.74) is 7.25. The molecule has 0 saturated carbocycles. The Bertz CT molecular complexity index is 509. The first kappa shape index (κ1) is 10.8. The van der Waals surface area contributed by atoms with Crippen LogP contribution in [-0.2, 0) is 6.54 Å². The number of benzene rings is 2. The van der Waals surface area contributed by atoms with Gasteiger partial charge < -0.3 is 5.73 Å². The molecule has 2 N–H and O–H groups in total. The van der Waals surface area contributed by atoms with Gasteiger partial charge in [-0.3, -0.25) is 0 Å². The third-order valence-electron chi connectivity index (χ3n) is 2.48. The molecule has 0 atom stereocenters. The molecule has 0 spiro atoms. The lowest BCUT2D eigenvalue weighted by Crippen LogP contribution is -2.00. The topological polar surface area (TPSA) is 26.0 Å². The van der Waals surface area contributed by atoms with E-state index in [1.54, 1.807) is 24.3 Å². The Labute approximate surface area is 92.5 Å². The van der Waals surface area contributed by atoms with Crippen molar-refractivity contribution in [3.8, 4) is 11.1 Å². The number of rotatable bonds is 2. The Morgan fingerprint density at radius 2 is 1.56 bits per heavy atom. The fourth-order valence-electron chi connectivity index (χ4n) is 1.67. The summed E-state index contributed by atoms with van der Waals surface area (Å²) >= 11 is 0. The highest BCUT2D eigenvalue weighted by Gasteiger charge is 2.11. The average molecular weight is 219 g/mol. The van der Waals surface area contributed by atoms with Gasteiger partial charge in [-0.15, -0.1) is 0 Å². The molecule has 0 saturated heterocycles. The lowest BCUT2D eigenvalue weighted by atomic mass is 9.99. The highest BCUT2D eigenvalue weighted by Crippen LogP contribution is 2.27. The maximum absolute atomic E-state index is 13.6. The molecule has 0 fully saturated rings. The zero-order valence-corrected chi connectivity index (χ0v) is 8.58. The van der Waals surface area contributed by atoms with E-state index in [0.717, 1.165) is 11.6 Å². The van der Waals surface area contributed by atoms with Crippen LogP contribution in [0, 0.1) is 11.6 Å². The standard InChI is InChI=1S/C13H11F2N/c14-12-7-3-6-11(13(12)15)10-5-2-1-4-9(10)8-16/h1-7H,8,16H2. The van der Waals surface area contributed by atoms with Crippen LogP contribution in [0.2, 0.25) is 0 Å². The van der Waals surface area contributed by atoms with E-state index in [4.69, 9.17) is 5.73 Å². The van der Waals surface area contributed by atoms with Crippen LogP contribution in [0.15, 0.2) is 42.5 Å². The van der Waals surface area contributed by atoms with E-state index in [-0.39, 0.29) is 5.56 Å². The average Bonchev–Trinajstić information content (AvgIpc) is 2.33. The van der Waals surface area contributed by atoms with E-state index in [1.807, 2.05) is 6.07 Å². The molecular formula is C13H11F2N. The summed E-state index contributed by atoms with van der Waals surface area (Å²) < 4.78 is 26.7. The lowest BCUT2D eigenvalue weighted by Gasteiger charge is -2.08. The number of halogens is 2. The van der Waals surface area contributed by atoms with Gasteiger partial charge in [0.25, 0.3) is 0 Å². The quantitative estimate of drug-likeness (QED) is 0.825. The van der Waals surface area contributed by atoms with Crippen LogP contribution in [0.25, 0.3) is 11.1 Å². The predicted octanol–water partition coefficient (Wildman–Crippen LogP) is 3.09. The van der Waals surface area contributed by atoms with Crippen molar-refractivity contribution in [1.82, 2.24) is 0 Å². The summed E-state index contributed by atoms with van der Waals surface area (Å²) in [6.45, 7) is 0.298. The largest absolute Gasteiger partial charge is 0.326 e. The third-order valence-corrected chi connectivity index (χ3v) is 2.48. The van der Waals surface area contributed by atoms with Gasteiger partial charge in [0.1, 0.15) is 0 Å². The molecule has 0 aromatic heterocycles. The fraction of sp³-hybridized carbons (Fsp3) is 0.0769. The van der Waals surface area contributed by atoms with Crippen LogP contribution in [0.4, 0.5) is 8.78 Å². The summed E-state index contributed by atoms with van der Waals surface area (Å²) in [5.74, 6) is -1.67. The van der Waals surface area contributed by atoms with E-state index in [2.05, 4.69) is 0 Å².